The number of rotatable bonds is 4. The summed E-state index contributed by atoms with van der Waals surface area (Å²) in [5.41, 5.74) is 13.6. The zero-order valence-electron chi connectivity index (χ0n) is 29.4. The maximum atomic E-state index is 6.42. The molecule has 252 valence electrons. The smallest absolute Gasteiger partial charge is 0.143 e. The average molecular weight is 689 g/mol. The Bertz CT molecular complexity index is 3300. The fourth-order valence-electron chi connectivity index (χ4n) is 9.16. The molecular formula is C52H32O2. The Balaban J connectivity index is 0.943. The second-order valence-electron chi connectivity index (χ2n) is 14.7. The molecule has 0 amide bonds. The summed E-state index contributed by atoms with van der Waals surface area (Å²) in [7, 11) is 0. The molecule has 0 bridgehead atoms. The van der Waals surface area contributed by atoms with E-state index in [1.165, 1.54) is 71.1 Å². The highest BCUT2D eigenvalue weighted by Gasteiger charge is 2.19. The van der Waals surface area contributed by atoms with Gasteiger partial charge in [0.2, 0.25) is 0 Å². The predicted octanol–water partition coefficient (Wildman–Crippen LogP) is 14.9. The molecule has 2 heteroatoms. The second kappa shape index (κ2) is 11.3. The number of fused-ring (bicyclic) bond motifs is 6. The molecular weight excluding hydrogens is 657 g/mol. The van der Waals surface area contributed by atoms with Gasteiger partial charge in [0.15, 0.2) is 0 Å². The van der Waals surface area contributed by atoms with Crippen molar-refractivity contribution in [2.24, 2.45) is 0 Å². The minimum absolute atomic E-state index is 0.921. The number of allylic oxidation sites excluding steroid dienone is 1. The second-order valence-corrected chi connectivity index (χ2v) is 14.7. The fourth-order valence-corrected chi connectivity index (χ4v) is 9.16. The highest BCUT2D eigenvalue weighted by Crippen LogP contribution is 2.44. The van der Waals surface area contributed by atoms with Gasteiger partial charge in [0.05, 0.1) is 0 Å². The van der Waals surface area contributed by atoms with Gasteiger partial charge in [-0.25, -0.2) is 0 Å². The van der Waals surface area contributed by atoms with Crippen LogP contribution in [0.2, 0.25) is 0 Å². The summed E-state index contributed by atoms with van der Waals surface area (Å²) in [6.07, 6.45) is 6.44. The van der Waals surface area contributed by atoms with Gasteiger partial charge >= 0.3 is 0 Å². The molecule has 2 nitrogen and oxygen atoms in total. The van der Waals surface area contributed by atoms with Crippen LogP contribution in [-0.4, -0.2) is 0 Å². The summed E-state index contributed by atoms with van der Waals surface area (Å²) in [5.74, 6) is 1.01. The Morgan fingerprint density at radius 1 is 0.370 bits per heavy atom. The Morgan fingerprint density at radius 3 is 1.52 bits per heavy atom. The summed E-state index contributed by atoms with van der Waals surface area (Å²) in [4.78, 5) is 0. The third-order valence-corrected chi connectivity index (χ3v) is 11.8. The number of aryl methyl sites for hydroxylation is 1. The summed E-state index contributed by atoms with van der Waals surface area (Å²) in [5, 5.41) is 11.2. The topological polar surface area (TPSA) is 26.3 Å². The van der Waals surface area contributed by atoms with Crippen LogP contribution in [0.3, 0.4) is 0 Å². The first kappa shape index (κ1) is 29.7. The van der Waals surface area contributed by atoms with E-state index in [0.29, 0.717) is 0 Å². The maximum absolute atomic E-state index is 6.42. The average Bonchev–Trinajstić information content (AvgIpc) is 3.82. The zero-order valence-corrected chi connectivity index (χ0v) is 29.4. The van der Waals surface area contributed by atoms with Crippen molar-refractivity contribution in [1.29, 1.82) is 0 Å². The molecule has 0 saturated carbocycles. The van der Waals surface area contributed by atoms with E-state index in [4.69, 9.17) is 8.83 Å². The van der Waals surface area contributed by atoms with Gasteiger partial charge in [0, 0.05) is 32.8 Å². The summed E-state index contributed by atoms with van der Waals surface area (Å²) in [6, 6.07) is 57.6. The first-order valence-electron chi connectivity index (χ1n) is 18.8. The van der Waals surface area contributed by atoms with E-state index in [-0.39, 0.29) is 0 Å². The lowest BCUT2D eigenvalue weighted by Crippen LogP contribution is -1.90. The van der Waals surface area contributed by atoms with Crippen molar-refractivity contribution in [3.8, 4) is 44.5 Å². The molecule has 0 fully saturated rings. The maximum Gasteiger partial charge on any atom is 0.143 e. The standard InChI is InChI=1S/C52H32O2/c1-3-13-47-41(7-1)45-11-5-9-39(51(45)53-47)33-19-15-31(16-20-33)37-27-25-35-23-24-36-26-28-38(44-30-29-43(37)49(35)50(36)44)32-17-21-34(22-18-32)40-10-6-12-46-42-8-2-4-14-48(42)54-52(40)46/h1,3-7,9-30H,2,8H2. The third kappa shape index (κ3) is 4.28. The normalized spacial score (nSPS) is 13.0. The molecule has 9 aromatic carbocycles. The van der Waals surface area contributed by atoms with Gasteiger partial charge in [-0.15, -0.1) is 0 Å². The molecule has 11 aromatic rings. The lowest BCUT2D eigenvalue weighted by atomic mass is 9.87. The van der Waals surface area contributed by atoms with Crippen LogP contribution in [0.5, 0.6) is 0 Å². The quantitative estimate of drug-likeness (QED) is 0.172. The van der Waals surface area contributed by atoms with E-state index >= 15 is 0 Å². The van der Waals surface area contributed by atoms with Crippen LogP contribution >= 0.6 is 0 Å². The summed E-state index contributed by atoms with van der Waals surface area (Å²) >= 11 is 0. The zero-order chi connectivity index (χ0) is 35.3. The Labute approximate surface area is 311 Å². The van der Waals surface area contributed by atoms with E-state index in [9.17, 15) is 0 Å². The van der Waals surface area contributed by atoms with Gasteiger partial charge in [-0.3, -0.25) is 0 Å². The summed E-state index contributed by atoms with van der Waals surface area (Å²) < 4.78 is 12.8. The number of hydrogen-bond acceptors (Lipinski definition) is 2. The lowest BCUT2D eigenvalue weighted by molar-refractivity contribution is 0.596. The van der Waals surface area contributed by atoms with E-state index in [1.54, 1.807) is 0 Å². The Hall–Kier alpha value is -6.90. The van der Waals surface area contributed by atoms with Gasteiger partial charge < -0.3 is 8.83 Å². The molecule has 1 aliphatic carbocycles. The molecule has 54 heavy (non-hydrogen) atoms. The Kier molecular flexibility index (Phi) is 6.20. The van der Waals surface area contributed by atoms with Crippen molar-refractivity contribution in [3.63, 3.8) is 0 Å². The molecule has 0 saturated heterocycles. The molecule has 0 unspecified atom stereocenters. The van der Waals surface area contributed by atoms with Crippen molar-refractivity contribution >= 4 is 71.3 Å². The van der Waals surface area contributed by atoms with Gasteiger partial charge in [-0.1, -0.05) is 158 Å². The van der Waals surface area contributed by atoms with Crippen molar-refractivity contribution < 1.29 is 8.83 Å². The number of benzene rings is 9. The molecule has 0 radical (unpaired) electrons. The van der Waals surface area contributed by atoms with Crippen LogP contribution in [0.15, 0.2) is 173 Å². The van der Waals surface area contributed by atoms with Crippen LogP contribution in [0.4, 0.5) is 0 Å². The molecule has 2 heterocycles. The molecule has 1 aliphatic rings. The summed E-state index contributed by atoms with van der Waals surface area (Å²) in [6.45, 7) is 0. The molecule has 0 aliphatic heterocycles. The predicted molar refractivity (Wildman–Crippen MR) is 226 cm³/mol. The number of para-hydroxylation sites is 3. The van der Waals surface area contributed by atoms with Gasteiger partial charge in [-0.05, 0) is 90.7 Å². The fraction of sp³-hybridized carbons (Fsp3) is 0.0385. The monoisotopic (exact) mass is 688 g/mol. The van der Waals surface area contributed by atoms with Crippen LogP contribution in [0, 0.1) is 0 Å². The highest BCUT2D eigenvalue weighted by molar-refractivity contribution is 6.27. The van der Waals surface area contributed by atoms with E-state index in [0.717, 1.165) is 62.8 Å². The third-order valence-electron chi connectivity index (χ3n) is 11.8. The molecule has 2 aromatic heterocycles. The molecule has 12 rings (SSSR count). The first-order valence-corrected chi connectivity index (χ1v) is 18.8. The van der Waals surface area contributed by atoms with Crippen molar-refractivity contribution in [2.45, 2.75) is 12.8 Å². The van der Waals surface area contributed by atoms with E-state index < -0.39 is 0 Å². The van der Waals surface area contributed by atoms with Gasteiger partial charge in [0.25, 0.3) is 0 Å². The highest BCUT2D eigenvalue weighted by atomic mass is 16.3. The van der Waals surface area contributed by atoms with Gasteiger partial charge in [0.1, 0.15) is 22.5 Å². The first-order chi connectivity index (χ1) is 26.8. The van der Waals surface area contributed by atoms with Crippen molar-refractivity contribution in [1.82, 2.24) is 0 Å². The van der Waals surface area contributed by atoms with Crippen molar-refractivity contribution in [3.05, 3.63) is 175 Å². The minimum Gasteiger partial charge on any atom is -0.456 e. The number of furan rings is 2. The van der Waals surface area contributed by atoms with E-state index in [2.05, 4.69) is 158 Å². The number of hydrogen-bond donors (Lipinski definition) is 0. The molecule has 0 atom stereocenters. The van der Waals surface area contributed by atoms with Crippen LogP contribution in [-0.2, 0) is 6.42 Å². The van der Waals surface area contributed by atoms with Crippen LogP contribution in [0.25, 0.3) is 116 Å². The molecule has 0 N–H and O–H groups in total. The van der Waals surface area contributed by atoms with Crippen LogP contribution < -0.4 is 0 Å². The van der Waals surface area contributed by atoms with E-state index in [1.807, 2.05) is 12.1 Å². The minimum atomic E-state index is 0.921. The van der Waals surface area contributed by atoms with Crippen LogP contribution in [0.1, 0.15) is 17.7 Å². The lowest BCUT2D eigenvalue weighted by Gasteiger charge is -2.17. The van der Waals surface area contributed by atoms with Crippen molar-refractivity contribution in [2.75, 3.05) is 0 Å². The Morgan fingerprint density at radius 2 is 0.889 bits per heavy atom. The largest absolute Gasteiger partial charge is 0.456 e. The molecule has 0 spiro atoms. The SMILES string of the molecule is C1=Cc2oc3c(-c4ccc(-c5ccc6ccc7ccc(-c8ccc(-c9cccc%10c9oc9ccccc9%10)cc8)c8ccc5c6c78)cc4)cccc3c2CC1. The van der Waals surface area contributed by atoms with Gasteiger partial charge in [-0.2, -0.15) is 0 Å².